The van der Waals surface area contributed by atoms with Gasteiger partial charge in [0.25, 0.3) is 0 Å². The molecule has 1 aromatic heterocycles. The zero-order valence-corrected chi connectivity index (χ0v) is 14.8. The molecule has 0 bridgehead atoms. The van der Waals surface area contributed by atoms with Gasteiger partial charge in [0.15, 0.2) is 0 Å². The first-order chi connectivity index (χ1) is 9.71. The van der Waals surface area contributed by atoms with Crippen molar-refractivity contribution in [1.82, 2.24) is 10.2 Å². The molecule has 1 aliphatic rings. The Hall–Kier alpha value is -0.870. The van der Waals surface area contributed by atoms with Crippen LogP contribution in [0, 0.1) is 11.3 Å². The SMILES string of the molecule is CC(C)CC1NC(c2ccsc2)N(C(C)C(C)(C)C)C1=O. The number of carbonyl (C=O) groups is 1. The molecular weight excluding hydrogens is 280 g/mol. The van der Waals surface area contributed by atoms with E-state index in [0.717, 1.165) is 6.42 Å². The van der Waals surface area contributed by atoms with Crippen LogP contribution in [-0.2, 0) is 4.79 Å². The molecule has 0 aliphatic carbocycles. The second-order valence-corrected chi connectivity index (χ2v) is 8.38. The fraction of sp³-hybridized carbons (Fsp3) is 0.706. The first-order valence-electron chi connectivity index (χ1n) is 7.82. The van der Waals surface area contributed by atoms with Gasteiger partial charge in [-0.05, 0) is 47.1 Å². The zero-order valence-electron chi connectivity index (χ0n) is 14.0. The van der Waals surface area contributed by atoms with E-state index in [4.69, 9.17) is 0 Å². The minimum Gasteiger partial charge on any atom is -0.318 e. The Morgan fingerprint density at radius 3 is 2.48 bits per heavy atom. The molecule has 3 unspecified atom stereocenters. The molecule has 0 saturated carbocycles. The Balaban J connectivity index is 2.30. The minimum absolute atomic E-state index is 0.0155. The maximum atomic E-state index is 12.9. The predicted molar refractivity (Wildman–Crippen MR) is 89.2 cm³/mol. The largest absolute Gasteiger partial charge is 0.318 e. The molecule has 1 fully saturated rings. The molecule has 0 radical (unpaired) electrons. The lowest BCUT2D eigenvalue weighted by Gasteiger charge is -2.38. The average Bonchev–Trinajstić information content (AvgIpc) is 2.96. The molecule has 1 aromatic rings. The molecule has 1 saturated heterocycles. The van der Waals surface area contributed by atoms with Crippen LogP contribution in [0.3, 0.4) is 0 Å². The summed E-state index contributed by atoms with van der Waals surface area (Å²) in [5.74, 6) is 0.766. The summed E-state index contributed by atoms with van der Waals surface area (Å²) in [7, 11) is 0. The molecule has 3 atom stereocenters. The van der Waals surface area contributed by atoms with Crippen LogP contribution in [0.5, 0.6) is 0 Å². The summed E-state index contributed by atoms with van der Waals surface area (Å²) in [6.07, 6.45) is 0.911. The molecule has 0 aromatic carbocycles. The summed E-state index contributed by atoms with van der Waals surface area (Å²) >= 11 is 1.69. The van der Waals surface area contributed by atoms with Crippen molar-refractivity contribution in [2.75, 3.05) is 0 Å². The third-order valence-corrected chi connectivity index (χ3v) is 5.13. The van der Waals surface area contributed by atoms with Crippen LogP contribution < -0.4 is 5.32 Å². The summed E-state index contributed by atoms with van der Waals surface area (Å²) in [6.45, 7) is 13.1. The maximum Gasteiger partial charge on any atom is 0.241 e. The summed E-state index contributed by atoms with van der Waals surface area (Å²) in [5, 5.41) is 7.79. The lowest BCUT2D eigenvalue weighted by atomic mass is 9.86. The van der Waals surface area contributed by atoms with Crippen molar-refractivity contribution in [2.45, 2.75) is 66.2 Å². The van der Waals surface area contributed by atoms with Gasteiger partial charge in [0, 0.05) is 6.04 Å². The first kappa shape index (κ1) is 16.5. The van der Waals surface area contributed by atoms with Gasteiger partial charge in [0.2, 0.25) is 5.91 Å². The number of carbonyl (C=O) groups excluding carboxylic acids is 1. The molecular formula is C17H28N2OS. The van der Waals surface area contributed by atoms with Crippen molar-refractivity contribution in [3.05, 3.63) is 22.4 Å². The van der Waals surface area contributed by atoms with E-state index in [-0.39, 0.29) is 29.6 Å². The second kappa shape index (κ2) is 6.09. The quantitative estimate of drug-likeness (QED) is 0.911. The second-order valence-electron chi connectivity index (χ2n) is 7.60. The number of thiophene rings is 1. The van der Waals surface area contributed by atoms with E-state index in [2.05, 4.69) is 68.6 Å². The van der Waals surface area contributed by atoms with Crippen LogP contribution >= 0.6 is 11.3 Å². The summed E-state index contributed by atoms with van der Waals surface area (Å²) < 4.78 is 0. The molecule has 1 aliphatic heterocycles. The van der Waals surface area contributed by atoms with Crippen molar-refractivity contribution in [1.29, 1.82) is 0 Å². The summed E-state index contributed by atoms with van der Waals surface area (Å²) in [4.78, 5) is 15.0. The van der Waals surface area contributed by atoms with E-state index in [1.807, 2.05) is 0 Å². The fourth-order valence-electron chi connectivity index (χ4n) is 2.81. The monoisotopic (exact) mass is 308 g/mol. The number of hydrogen-bond acceptors (Lipinski definition) is 3. The van der Waals surface area contributed by atoms with E-state index in [1.165, 1.54) is 5.56 Å². The molecule has 1 N–H and O–H groups in total. The van der Waals surface area contributed by atoms with Gasteiger partial charge >= 0.3 is 0 Å². The Morgan fingerprint density at radius 2 is 2.00 bits per heavy atom. The molecule has 2 heterocycles. The van der Waals surface area contributed by atoms with Crippen LogP contribution in [0.2, 0.25) is 0 Å². The van der Waals surface area contributed by atoms with Gasteiger partial charge in [-0.2, -0.15) is 11.3 Å². The normalized spacial score (nSPS) is 24.9. The minimum atomic E-state index is -0.0558. The van der Waals surface area contributed by atoms with E-state index in [0.29, 0.717) is 5.92 Å². The van der Waals surface area contributed by atoms with E-state index in [9.17, 15) is 4.79 Å². The highest BCUT2D eigenvalue weighted by atomic mass is 32.1. The molecule has 1 amide bonds. The Bertz CT molecular complexity index is 475. The van der Waals surface area contributed by atoms with Crippen LogP contribution in [0.1, 0.15) is 59.7 Å². The Morgan fingerprint density at radius 1 is 1.33 bits per heavy atom. The topological polar surface area (TPSA) is 32.3 Å². The lowest BCUT2D eigenvalue weighted by molar-refractivity contribution is -0.134. The van der Waals surface area contributed by atoms with Gasteiger partial charge in [-0.3, -0.25) is 10.1 Å². The Labute approximate surface area is 132 Å². The number of nitrogens with zero attached hydrogens (tertiary/aromatic N) is 1. The highest BCUT2D eigenvalue weighted by Gasteiger charge is 2.44. The molecule has 2 rings (SSSR count). The highest BCUT2D eigenvalue weighted by Crippen LogP contribution is 2.36. The highest BCUT2D eigenvalue weighted by molar-refractivity contribution is 7.07. The molecule has 21 heavy (non-hydrogen) atoms. The fourth-order valence-corrected chi connectivity index (χ4v) is 3.49. The third-order valence-electron chi connectivity index (χ3n) is 4.43. The summed E-state index contributed by atoms with van der Waals surface area (Å²) in [5.41, 5.74) is 1.27. The van der Waals surface area contributed by atoms with Crippen molar-refractivity contribution in [2.24, 2.45) is 11.3 Å². The van der Waals surface area contributed by atoms with Crippen LogP contribution in [-0.4, -0.2) is 22.9 Å². The van der Waals surface area contributed by atoms with Crippen molar-refractivity contribution in [3.8, 4) is 0 Å². The lowest BCUT2D eigenvalue weighted by Crippen LogP contribution is -2.45. The van der Waals surface area contributed by atoms with Crippen LogP contribution in [0.25, 0.3) is 0 Å². The number of hydrogen-bond donors (Lipinski definition) is 1. The predicted octanol–water partition coefficient (Wildman–Crippen LogP) is 4.03. The third kappa shape index (κ3) is 3.49. The van der Waals surface area contributed by atoms with Crippen molar-refractivity contribution in [3.63, 3.8) is 0 Å². The van der Waals surface area contributed by atoms with Gasteiger partial charge in [-0.25, -0.2) is 0 Å². The van der Waals surface area contributed by atoms with Crippen LogP contribution in [0.4, 0.5) is 0 Å². The van der Waals surface area contributed by atoms with Gasteiger partial charge in [0.1, 0.15) is 6.17 Å². The smallest absolute Gasteiger partial charge is 0.241 e. The van der Waals surface area contributed by atoms with E-state index in [1.54, 1.807) is 11.3 Å². The van der Waals surface area contributed by atoms with Gasteiger partial charge < -0.3 is 4.90 Å². The maximum absolute atomic E-state index is 12.9. The molecule has 3 nitrogen and oxygen atoms in total. The molecule has 4 heteroatoms. The molecule has 118 valence electrons. The summed E-state index contributed by atoms with van der Waals surface area (Å²) in [6, 6.07) is 2.26. The number of nitrogens with one attached hydrogen (secondary N) is 1. The average molecular weight is 308 g/mol. The van der Waals surface area contributed by atoms with Crippen molar-refractivity contribution < 1.29 is 4.79 Å². The van der Waals surface area contributed by atoms with Gasteiger partial charge in [-0.15, -0.1) is 0 Å². The number of amides is 1. The standard InChI is InChI=1S/C17H28N2OS/c1-11(2)9-14-16(20)19(12(3)17(4,5)6)15(18-14)13-7-8-21-10-13/h7-8,10-12,14-15,18H,9H2,1-6H3. The van der Waals surface area contributed by atoms with Crippen molar-refractivity contribution >= 4 is 17.2 Å². The number of rotatable bonds is 4. The first-order valence-corrected chi connectivity index (χ1v) is 8.76. The van der Waals surface area contributed by atoms with E-state index >= 15 is 0 Å². The zero-order chi connectivity index (χ0) is 15.8. The van der Waals surface area contributed by atoms with E-state index < -0.39 is 0 Å². The van der Waals surface area contributed by atoms with Gasteiger partial charge in [0.05, 0.1) is 6.04 Å². The molecule has 0 spiro atoms. The Kier molecular flexibility index (Phi) is 4.79. The van der Waals surface area contributed by atoms with Crippen LogP contribution in [0.15, 0.2) is 16.8 Å². The van der Waals surface area contributed by atoms with Gasteiger partial charge in [-0.1, -0.05) is 34.6 Å².